The highest BCUT2D eigenvalue weighted by Gasteiger charge is 2.31. The number of nitriles is 1. The van der Waals surface area contributed by atoms with E-state index in [9.17, 15) is 14.9 Å². The normalized spacial score (nSPS) is 15.9. The lowest BCUT2D eigenvalue weighted by molar-refractivity contribution is -0.125. The maximum atomic E-state index is 12.5. The molecule has 0 spiro atoms. The van der Waals surface area contributed by atoms with Crippen LogP contribution in [0.4, 0.5) is 5.69 Å². The van der Waals surface area contributed by atoms with E-state index >= 15 is 0 Å². The second kappa shape index (κ2) is 8.41. The van der Waals surface area contributed by atoms with Crippen molar-refractivity contribution >= 4 is 29.3 Å². The monoisotopic (exact) mass is 345 g/mol. The number of nitrogens with zero attached hydrogens (tertiary/aromatic N) is 2. The number of rotatable bonds is 6. The number of hydrogen-bond donors (Lipinski definition) is 1. The quantitative estimate of drug-likeness (QED) is 0.633. The van der Waals surface area contributed by atoms with Gasteiger partial charge in [-0.1, -0.05) is 31.2 Å². The van der Waals surface area contributed by atoms with Crippen molar-refractivity contribution in [2.24, 2.45) is 0 Å². The Bertz CT molecular complexity index is 709. The Morgan fingerprint density at radius 1 is 1.50 bits per heavy atom. The molecule has 1 heterocycles. The SMILES string of the molecule is CCCCN1C(=O)CS/C1=C(\C#N)C(=O)Nc1cccc(OC)c1. The molecule has 0 radical (unpaired) electrons. The maximum Gasteiger partial charge on any atom is 0.269 e. The molecule has 126 valence electrons. The van der Waals surface area contributed by atoms with Crippen molar-refractivity contribution in [3.8, 4) is 11.8 Å². The molecule has 1 N–H and O–H groups in total. The average molecular weight is 345 g/mol. The summed E-state index contributed by atoms with van der Waals surface area (Å²) in [6.45, 7) is 2.55. The number of hydrogen-bond acceptors (Lipinski definition) is 5. The maximum absolute atomic E-state index is 12.5. The van der Waals surface area contributed by atoms with E-state index in [1.807, 2.05) is 13.0 Å². The molecule has 0 saturated carbocycles. The van der Waals surface area contributed by atoms with Gasteiger partial charge in [0.25, 0.3) is 5.91 Å². The molecule has 0 unspecified atom stereocenters. The first-order valence-corrected chi connectivity index (χ1v) is 8.62. The molecule has 1 fully saturated rings. The van der Waals surface area contributed by atoms with E-state index in [0.29, 0.717) is 23.0 Å². The zero-order valence-corrected chi connectivity index (χ0v) is 14.5. The van der Waals surface area contributed by atoms with Crippen LogP contribution in [-0.4, -0.2) is 36.1 Å². The van der Waals surface area contributed by atoms with Crippen LogP contribution in [0.25, 0.3) is 0 Å². The molecule has 1 aromatic carbocycles. The van der Waals surface area contributed by atoms with Crippen molar-refractivity contribution < 1.29 is 14.3 Å². The van der Waals surface area contributed by atoms with Crippen LogP contribution in [0.1, 0.15) is 19.8 Å². The summed E-state index contributed by atoms with van der Waals surface area (Å²) in [4.78, 5) is 26.0. The van der Waals surface area contributed by atoms with Crippen LogP contribution in [0, 0.1) is 11.3 Å². The topological polar surface area (TPSA) is 82.4 Å². The molecule has 1 aliphatic rings. The largest absolute Gasteiger partial charge is 0.497 e. The Kier molecular flexibility index (Phi) is 6.27. The Balaban J connectivity index is 2.23. The summed E-state index contributed by atoms with van der Waals surface area (Å²) in [6.07, 6.45) is 1.76. The predicted octanol–water partition coefficient (Wildman–Crippen LogP) is 2.74. The minimum atomic E-state index is -0.524. The number of carbonyl (C=O) groups is 2. The van der Waals surface area contributed by atoms with Crippen LogP contribution >= 0.6 is 11.8 Å². The summed E-state index contributed by atoms with van der Waals surface area (Å²) in [6, 6.07) is 8.82. The summed E-state index contributed by atoms with van der Waals surface area (Å²) < 4.78 is 5.11. The van der Waals surface area contributed by atoms with E-state index in [-0.39, 0.29) is 17.2 Å². The molecular formula is C17H19N3O3S. The fraction of sp³-hybridized carbons (Fsp3) is 0.353. The predicted molar refractivity (Wildman–Crippen MR) is 93.3 cm³/mol. The highest BCUT2D eigenvalue weighted by molar-refractivity contribution is 8.04. The number of carbonyl (C=O) groups excluding carboxylic acids is 2. The minimum Gasteiger partial charge on any atom is -0.497 e. The van der Waals surface area contributed by atoms with Crippen molar-refractivity contribution in [3.63, 3.8) is 0 Å². The van der Waals surface area contributed by atoms with Gasteiger partial charge >= 0.3 is 0 Å². The number of benzene rings is 1. The number of ether oxygens (including phenoxy) is 1. The lowest BCUT2D eigenvalue weighted by Gasteiger charge is -2.17. The van der Waals surface area contributed by atoms with E-state index in [1.54, 1.807) is 24.3 Å². The van der Waals surface area contributed by atoms with E-state index in [1.165, 1.54) is 23.8 Å². The Labute approximate surface area is 145 Å². The Hall–Kier alpha value is -2.46. The number of amides is 2. The van der Waals surface area contributed by atoms with Gasteiger partial charge in [-0.15, -0.1) is 0 Å². The smallest absolute Gasteiger partial charge is 0.269 e. The summed E-state index contributed by atoms with van der Waals surface area (Å²) in [5.74, 6) is 0.278. The summed E-state index contributed by atoms with van der Waals surface area (Å²) in [7, 11) is 1.54. The van der Waals surface area contributed by atoms with Gasteiger partial charge in [-0.05, 0) is 18.6 Å². The minimum absolute atomic E-state index is 0.0372. The first kappa shape index (κ1) is 17.9. The summed E-state index contributed by atoms with van der Waals surface area (Å²) in [5.41, 5.74) is 0.493. The lowest BCUT2D eigenvalue weighted by atomic mass is 10.2. The van der Waals surface area contributed by atoms with Gasteiger partial charge in [-0.2, -0.15) is 5.26 Å². The van der Waals surface area contributed by atoms with Crippen LogP contribution in [-0.2, 0) is 9.59 Å². The Morgan fingerprint density at radius 2 is 2.29 bits per heavy atom. The third kappa shape index (κ3) is 4.09. The summed E-state index contributed by atoms with van der Waals surface area (Å²) >= 11 is 1.24. The zero-order chi connectivity index (χ0) is 17.5. The van der Waals surface area contributed by atoms with Crippen molar-refractivity contribution in [1.82, 2.24) is 4.90 Å². The molecule has 7 heteroatoms. The molecule has 1 saturated heterocycles. The molecule has 6 nitrogen and oxygen atoms in total. The molecular weight excluding hydrogens is 326 g/mol. The zero-order valence-electron chi connectivity index (χ0n) is 13.7. The molecule has 1 aromatic rings. The standard InChI is InChI=1S/C17H19N3O3S/c1-3-4-8-20-15(21)11-24-17(20)14(10-18)16(22)19-12-6-5-7-13(9-12)23-2/h5-7,9H,3-4,8,11H2,1-2H3,(H,19,22)/b17-14+. The van der Waals surface area contributed by atoms with E-state index in [4.69, 9.17) is 4.74 Å². The third-order valence-electron chi connectivity index (χ3n) is 3.49. The lowest BCUT2D eigenvalue weighted by Crippen LogP contribution is -2.28. The van der Waals surface area contributed by atoms with Crippen molar-refractivity contribution in [1.29, 1.82) is 5.26 Å². The summed E-state index contributed by atoms with van der Waals surface area (Å²) in [5, 5.41) is 12.5. The fourth-order valence-corrected chi connectivity index (χ4v) is 3.29. The van der Waals surface area contributed by atoms with Crippen molar-refractivity contribution in [2.75, 3.05) is 24.7 Å². The van der Waals surface area contributed by atoms with Crippen LogP contribution in [0.3, 0.4) is 0 Å². The second-order valence-electron chi connectivity index (χ2n) is 5.17. The van der Waals surface area contributed by atoms with E-state index in [0.717, 1.165) is 12.8 Å². The van der Waals surface area contributed by atoms with Gasteiger partial charge in [0.05, 0.1) is 12.9 Å². The van der Waals surface area contributed by atoms with Gasteiger partial charge < -0.3 is 15.0 Å². The van der Waals surface area contributed by atoms with Crippen LogP contribution in [0.2, 0.25) is 0 Å². The number of nitrogens with one attached hydrogen (secondary N) is 1. The number of thioether (sulfide) groups is 1. The van der Waals surface area contributed by atoms with Gasteiger partial charge in [0.1, 0.15) is 22.4 Å². The van der Waals surface area contributed by atoms with E-state index in [2.05, 4.69) is 5.32 Å². The van der Waals surface area contributed by atoms with Crippen LogP contribution in [0.15, 0.2) is 34.9 Å². The molecule has 2 amide bonds. The first-order valence-electron chi connectivity index (χ1n) is 7.63. The fourth-order valence-electron chi connectivity index (χ4n) is 2.24. The van der Waals surface area contributed by atoms with Crippen molar-refractivity contribution in [3.05, 3.63) is 34.9 Å². The molecule has 24 heavy (non-hydrogen) atoms. The van der Waals surface area contributed by atoms with Crippen molar-refractivity contribution in [2.45, 2.75) is 19.8 Å². The van der Waals surface area contributed by atoms with Crippen LogP contribution in [0.5, 0.6) is 5.75 Å². The molecule has 0 bridgehead atoms. The molecule has 0 aliphatic carbocycles. The highest BCUT2D eigenvalue weighted by Crippen LogP contribution is 2.32. The Morgan fingerprint density at radius 3 is 2.96 bits per heavy atom. The molecule has 0 atom stereocenters. The molecule has 0 aromatic heterocycles. The van der Waals surface area contributed by atoms with Gasteiger partial charge in [-0.25, -0.2) is 0 Å². The van der Waals surface area contributed by atoms with Gasteiger partial charge in [0.15, 0.2) is 0 Å². The first-order chi connectivity index (χ1) is 11.6. The number of methoxy groups -OCH3 is 1. The second-order valence-corrected chi connectivity index (χ2v) is 6.13. The number of anilines is 1. The highest BCUT2D eigenvalue weighted by atomic mass is 32.2. The number of unbranched alkanes of at least 4 members (excludes halogenated alkanes) is 1. The van der Waals surface area contributed by atoms with Gasteiger partial charge in [0.2, 0.25) is 5.91 Å². The molecule has 1 aliphatic heterocycles. The average Bonchev–Trinajstić information content (AvgIpc) is 2.94. The molecule has 2 rings (SSSR count). The van der Waals surface area contributed by atoms with Crippen LogP contribution < -0.4 is 10.1 Å². The van der Waals surface area contributed by atoms with E-state index < -0.39 is 5.91 Å². The van der Waals surface area contributed by atoms with Gasteiger partial charge in [0, 0.05) is 18.3 Å². The third-order valence-corrected chi connectivity index (χ3v) is 4.58. The van der Waals surface area contributed by atoms with Gasteiger partial charge in [-0.3, -0.25) is 9.59 Å².